The summed E-state index contributed by atoms with van der Waals surface area (Å²) in [5, 5.41) is 3.94. The number of H-pyrrole nitrogens is 1. The van der Waals surface area contributed by atoms with Crippen molar-refractivity contribution >= 4 is 0 Å². The predicted molar refractivity (Wildman–Crippen MR) is 64.4 cm³/mol. The quantitative estimate of drug-likeness (QED) is 0.883. The molecular formula is C13H17N3O. The van der Waals surface area contributed by atoms with Gasteiger partial charge in [-0.05, 0) is 38.4 Å². The molecule has 0 radical (unpaired) electrons. The van der Waals surface area contributed by atoms with E-state index in [4.69, 9.17) is 4.52 Å². The second-order valence-corrected chi connectivity index (χ2v) is 4.69. The number of nitrogens with one attached hydrogen (secondary N) is 1. The molecule has 1 fully saturated rings. The van der Waals surface area contributed by atoms with Crippen molar-refractivity contribution in [3.8, 4) is 0 Å². The van der Waals surface area contributed by atoms with Gasteiger partial charge in [-0.15, -0.1) is 0 Å². The number of likely N-dealkylation sites (tertiary alicyclic amines) is 1. The Kier molecular flexibility index (Phi) is 2.73. The largest absolute Gasteiger partial charge is 0.364 e. The van der Waals surface area contributed by atoms with Crippen LogP contribution in [0.15, 0.2) is 28.9 Å². The molecule has 0 aromatic carbocycles. The van der Waals surface area contributed by atoms with E-state index in [9.17, 15) is 0 Å². The second-order valence-electron chi connectivity index (χ2n) is 4.69. The number of aromatic nitrogens is 2. The Morgan fingerprint density at radius 3 is 3.24 bits per heavy atom. The van der Waals surface area contributed by atoms with Gasteiger partial charge in [0, 0.05) is 18.0 Å². The molecule has 1 N–H and O–H groups in total. The Morgan fingerprint density at radius 2 is 2.53 bits per heavy atom. The van der Waals surface area contributed by atoms with Crippen LogP contribution < -0.4 is 0 Å². The van der Waals surface area contributed by atoms with Crippen molar-refractivity contribution in [1.29, 1.82) is 0 Å². The summed E-state index contributed by atoms with van der Waals surface area (Å²) in [5.41, 5.74) is 2.26. The van der Waals surface area contributed by atoms with E-state index in [-0.39, 0.29) is 0 Å². The second kappa shape index (κ2) is 4.37. The Bertz CT molecular complexity index is 475. The van der Waals surface area contributed by atoms with Gasteiger partial charge in [0.05, 0.1) is 18.3 Å². The molecule has 4 nitrogen and oxygen atoms in total. The first kappa shape index (κ1) is 10.6. The van der Waals surface area contributed by atoms with E-state index in [1.807, 2.05) is 19.2 Å². The lowest BCUT2D eigenvalue weighted by atomic mass is 10.1. The highest BCUT2D eigenvalue weighted by Crippen LogP contribution is 2.32. The van der Waals surface area contributed by atoms with Gasteiger partial charge >= 0.3 is 0 Å². The van der Waals surface area contributed by atoms with E-state index in [0.717, 1.165) is 24.5 Å². The van der Waals surface area contributed by atoms with Gasteiger partial charge in [0.15, 0.2) is 5.76 Å². The van der Waals surface area contributed by atoms with E-state index in [1.54, 1.807) is 0 Å². The average Bonchev–Trinajstić information content (AvgIpc) is 3.00. The van der Waals surface area contributed by atoms with Crippen LogP contribution in [-0.4, -0.2) is 21.6 Å². The molecular weight excluding hydrogens is 214 g/mol. The van der Waals surface area contributed by atoms with E-state index >= 15 is 0 Å². The Hall–Kier alpha value is -1.55. The van der Waals surface area contributed by atoms with Gasteiger partial charge in [-0.2, -0.15) is 0 Å². The average molecular weight is 231 g/mol. The molecule has 3 rings (SSSR count). The minimum atomic E-state index is 0.496. The van der Waals surface area contributed by atoms with Crippen molar-refractivity contribution in [3.63, 3.8) is 0 Å². The number of nitrogens with zero attached hydrogens (tertiary/aromatic N) is 2. The van der Waals surface area contributed by atoms with Crippen LogP contribution in [0.1, 0.15) is 36.0 Å². The maximum Gasteiger partial charge on any atom is 0.150 e. The molecule has 1 aliphatic heterocycles. The van der Waals surface area contributed by atoms with E-state index in [2.05, 4.69) is 27.2 Å². The number of rotatable bonds is 3. The number of aromatic amines is 1. The maximum atomic E-state index is 5.29. The Balaban J connectivity index is 1.74. The summed E-state index contributed by atoms with van der Waals surface area (Å²) in [7, 11) is 0. The predicted octanol–water partition coefficient (Wildman–Crippen LogP) is 2.65. The summed E-state index contributed by atoms with van der Waals surface area (Å²) in [6.45, 7) is 3.94. The molecule has 0 amide bonds. The molecule has 4 heteroatoms. The lowest BCUT2D eigenvalue weighted by Crippen LogP contribution is -2.22. The van der Waals surface area contributed by atoms with Gasteiger partial charge < -0.3 is 9.51 Å². The molecule has 0 bridgehead atoms. The van der Waals surface area contributed by atoms with Gasteiger partial charge in [-0.3, -0.25) is 4.90 Å². The zero-order valence-corrected chi connectivity index (χ0v) is 10.0. The van der Waals surface area contributed by atoms with Crippen molar-refractivity contribution in [2.24, 2.45) is 0 Å². The zero-order chi connectivity index (χ0) is 11.7. The molecule has 0 saturated carbocycles. The van der Waals surface area contributed by atoms with Crippen LogP contribution in [0.25, 0.3) is 0 Å². The summed E-state index contributed by atoms with van der Waals surface area (Å²) in [6, 6.07) is 6.73. The van der Waals surface area contributed by atoms with E-state index < -0.39 is 0 Å². The highest BCUT2D eigenvalue weighted by Gasteiger charge is 2.27. The van der Waals surface area contributed by atoms with Crippen molar-refractivity contribution in [2.75, 3.05) is 6.54 Å². The normalized spacial score (nSPS) is 21.1. The van der Waals surface area contributed by atoms with Gasteiger partial charge in [0.1, 0.15) is 0 Å². The minimum Gasteiger partial charge on any atom is -0.364 e. The fourth-order valence-corrected chi connectivity index (χ4v) is 2.61. The first-order valence-corrected chi connectivity index (χ1v) is 6.12. The number of hydrogen-bond acceptors (Lipinski definition) is 3. The van der Waals surface area contributed by atoms with E-state index in [1.165, 1.54) is 18.5 Å². The maximum absolute atomic E-state index is 5.29. The van der Waals surface area contributed by atoms with Gasteiger partial charge in [-0.25, -0.2) is 0 Å². The molecule has 2 aromatic rings. The third-order valence-electron chi connectivity index (χ3n) is 3.38. The molecule has 1 unspecified atom stereocenters. The van der Waals surface area contributed by atoms with Gasteiger partial charge in [-0.1, -0.05) is 5.16 Å². The van der Waals surface area contributed by atoms with Crippen LogP contribution in [0.3, 0.4) is 0 Å². The monoisotopic (exact) mass is 231 g/mol. The number of aryl methyl sites for hydroxylation is 1. The molecule has 1 aliphatic rings. The van der Waals surface area contributed by atoms with Crippen LogP contribution in [0, 0.1) is 6.92 Å². The first-order chi connectivity index (χ1) is 8.33. The molecule has 1 atom stereocenters. The van der Waals surface area contributed by atoms with Crippen LogP contribution in [0.4, 0.5) is 0 Å². The fourth-order valence-electron chi connectivity index (χ4n) is 2.61. The highest BCUT2D eigenvalue weighted by molar-refractivity contribution is 5.12. The van der Waals surface area contributed by atoms with E-state index in [0.29, 0.717) is 6.04 Å². The molecule has 17 heavy (non-hydrogen) atoms. The lowest BCUT2D eigenvalue weighted by Gasteiger charge is -2.22. The van der Waals surface area contributed by atoms with Crippen LogP contribution in [0.5, 0.6) is 0 Å². The lowest BCUT2D eigenvalue weighted by molar-refractivity contribution is 0.214. The van der Waals surface area contributed by atoms with Crippen LogP contribution in [-0.2, 0) is 6.54 Å². The van der Waals surface area contributed by atoms with Crippen molar-refractivity contribution < 1.29 is 4.52 Å². The summed E-state index contributed by atoms with van der Waals surface area (Å²) in [5.74, 6) is 0.959. The summed E-state index contributed by atoms with van der Waals surface area (Å²) >= 11 is 0. The molecule has 1 saturated heterocycles. The zero-order valence-electron chi connectivity index (χ0n) is 10.0. The fraction of sp³-hybridized carbons (Fsp3) is 0.462. The molecule has 0 aliphatic carbocycles. The Labute approximate surface area is 101 Å². The topological polar surface area (TPSA) is 45.1 Å². The number of hydrogen-bond donors (Lipinski definition) is 1. The third-order valence-corrected chi connectivity index (χ3v) is 3.38. The highest BCUT2D eigenvalue weighted by atomic mass is 16.5. The van der Waals surface area contributed by atoms with Gasteiger partial charge in [0.25, 0.3) is 0 Å². The van der Waals surface area contributed by atoms with Gasteiger partial charge in [0.2, 0.25) is 0 Å². The summed E-state index contributed by atoms with van der Waals surface area (Å²) in [6.07, 6.45) is 4.45. The standard InChI is InChI=1S/C13H17N3O/c1-10-8-11(17-15-10)9-16-7-3-5-13(16)12-4-2-6-14-12/h2,4,6,8,13-14H,3,5,7,9H2,1H3. The van der Waals surface area contributed by atoms with Crippen molar-refractivity contribution in [2.45, 2.75) is 32.4 Å². The van der Waals surface area contributed by atoms with Crippen LogP contribution in [0.2, 0.25) is 0 Å². The summed E-state index contributed by atoms with van der Waals surface area (Å²) < 4.78 is 5.29. The SMILES string of the molecule is Cc1cc(CN2CCCC2c2ccc[nH]2)on1. The van der Waals surface area contributed by atoms with Crippen molar-refractivity contribution in [3.05, 3.63) is 41.5 Å². The smallest absolute Gasteiger partial charge is 0.150 e. The first-order valence-electron chi connectivity index (χ1n) is 6.12. The molecule has 0 spiro atoms. The third kappa shape index (κ3) is 2.13. The summed E-state index contributed by atoms with van der Waals surface area (Å²) in [4.78, 5) is 5.76. The Morgan fingerprint density at radius 1 is 1.59 bits per heavy atom. The molecule has 90 valence electrons. The molecule has 2 aromatic heterocycles. The minimum absolute atomic E-state index is 0.496. The van der Waals surface area contributed by atoms with Crippen molar-refractivity contribution in [1.82, 2.24) is 15.0 Å². The molecule has 3 heterocycles. The van der Waals surface area contributed by atoms with Crippen LogP contribution >= 0.6 is 0 Å².